The summed E-state index contributed by atoms with van der Waals surface area (Å²) in [5.74, 6) is 0.0824. The molecule has 0 heterocycles. The van der Waals surface area contributed by atoms with Gasteiger partial charge in [-0.15, -0.1) is 0 Å². The highest BCUT2D eigenvalue weighted by Crippen LogP contribution is 2.02. The van der Waals surface area contributed by atoms with Crippen LogP contribution in [-0.4, -0.2) is 44.2 Å². The third-order valence-corrected chi connectivity index (χ3v) is 4.12. The third-order valence-electron chi connectivity index (χ3n) is 2.31. The lowest BCUT2D eigenvalue weighted by Crippen LogP contribution is -2.33. The fraction of sp³-hybridized carbons (Fsp3) is 1.00. The fourth-order valence-electron chi connectivity index (χ4n) is 1.45. The molecule has 0 aromatic carbocycles. The van der Waals surface area contributed by atoms with Gasteiger partial charge in [0, 0.05) is 6.54 Å². The molecule has 0 saturated heterocycles. The van der Waals surface area contributed by atoms with E-state index in [0.29, 0.717) is 13.0 Å². The van der Waals surface area contributed by atoms with Gasteiger partial charge in [-0.05, 0) is 19.4 Å². The van der Waals surface area contributed by atoms with Gasteiger partial charge in [-0.2, -0.15) is 0 Å². The Morgan fingerprint density at radius 2 is 1.88 bits per heavy atom. The van der Waals surface area contributed by atoms with Crippen molar-refractivity contribution in [2.75, 3.05) is 24.6 Å². The maximum atomic E-state index is 11.6. The van der Waals surface area contributed by atoms with E-state index in [1.165, 1.54) is 0 Å². The average Bonchev–Trinajstić information content (AvgIpc) is 2.17. The van der Waals surface area contributed by atoms with Crippen LogP contribution in [0.5, 0.6) is 0 Å². The van der Waals surface area contributed by atoms with Gasteiger partial charge in [0.05, 0.1) is 17.6 Å². The van der Waals surface area contributed by atoms with E-state index >= 15 is 0 Å². The van der Waals surface area contributed by atoms with Crippen molar-refractivity contribution in [3.8, 4) is 0 Å². The Hall–Kier alpha value is -0.130. The summed E-state index contributed by atoms with van der Waals surface area (Å²) in [7, 11) is -3.08. The number of hydrogen-bond donors (Lipinski definition) is 2. The van der Waals surface area contributed by atoms with Gasteiger partial charge in [0.1, 0.15) is 0 Å². The highest BCUT2D eigenvalue weighted by molar-refractivity contribution is 7.91. The van der Waals surface area contributed by atoms with Gasteiger partial charge < -0.3 is 10.4 Å². The number of aliphatic hydroxyl groups excluding tert-OH is 1. The van der Waals surface area contributed by atoms with Crippen LogP contribution >= 0.6 is 0 Å². The molecule has 0 aliphatic carbocycles. The standard InChI is InChI=1S/C11H25NO3S/c1-3-5-6-8-16(14,15)10-11(13)9-12-7-4-2/h11-13H,3-10H2,1-2H3. The fourth-order valence-corrected chi connectivity index (χ4v) is 2.97. The average molecular weight is 251 g/mol. The molecular formula is C11H25NO3S. The first-order chi connectivity index (χ1) is 7.52. The molecule has 1 unspecified atom stereocenters. The van der Waals surface area contributed by atoms with Crippen LogP contribution in [0.15, 0.2) is 0 Å². The van der Waals surface area contributed by atoms with Crippen molar-refractivity contribution in [2.24, 2.45) is 0 Å². The molecule has 0 amide bonds. The maximum Gasteiger partial charge on any atom is 0.152 e. The van der Waals surface area contributed by atoms with Crippen LogP contribution in [0, 0.1) is 0 Å². The molecule has 0 spiro atoms. The Kier molecular flexibility index (Phi) is 8.89. The summed E-state index contributed by atoms with van der Waals surface area (Å²) in [6, 6.07) is 0. The summed E-state index contributed by atoms with van der Waals surface area (Å²) in [4.78, 5) is 0. The van der Waals surface area contributed by atoms with Crippen LogP contribution in [0.4, 0.5) is 0 Å². The predicted molar refractivity (Wildman–Crippen MR) is 67.3 cm³/mol. The van der Waals surface area contributed by atoms with Crippen LogP contribution in [0.1, 0.15) is 39.5 Å². The largest absolute Gasteiger partial charge is 0.391 e. The molecule has 0 aromatic rings. The maximum absolute atomic E-state index is 11.6. The van der Waals surface area contributed by atoms with E-state index in [4.69, 9.17) is 0 Å². The number of unbranched alkanes of at least 4 members (excludes halogenated alkanes) is 2. The van der Waals surface area contributed by atoms with Crippen LogP contribution in [0.2, 0.25) is 0 Å². The zero-order valence-electron chi connectivity index (χ0n) is 10.4. The van der Waals surface area contributed by atoms with E-state index in [9.17, 15) is 13.5 Å². The number of aliphatic hydroxyl groups is 1. The zero-order chi connectivity index (χ0) is 12.4. The van der Waals surface area contributed by atoms with E-state index in [1.807, 2.05) is 13.8 Å². The molecule has 0 rings (SSSR count). The molecule has 1 atom stereocenters. The SMILES string of the molecule is CCCCCS(=O)(=O)CC(O)CNCCC. The smallest absolute Gasteiger partial charge is 0.152 e. The molecule has 98 valence electrons. The first-order valence-corrected chi connectivity index (χ1v) is 7.93. The van der Waals surface area contributed by atoms with E-state index in [1.54, 1.807) is 0 Å². The number of sulfone groups is 1. The second-order valence-electron chi connectivity index (χ2n) is 4.18. The predicted octanol–water partition coefficient (Wildman–Crippen LogP) is 0.952. The molecule has 5 heteroatoms. The lowest BCUT2D eigenvalue weighted by Gasteiger charge is -2.11. The Labute approximate surface area is 99.4 Å². The molecule has 0 aromatic heterocycles. The van der Waals surface area contributed by atoms with E-state index in [-0.39, 0.29) is 11.5 Å². The van der Waals surface area contributed by atoms with Crippen molar-refractivity contribution in [2.45, 2.75) is 45.6 Å². The molecule has 4 nitrogen and oxygen atoms in total. The molecule has 0 bridgehead atoms. The second kappa shape index (κ2) is 8.96. The first-order valence-electron chi connectivity index (χ1n) is 6.11. The van der Waals surface area contributed by atoms with Crippen LogP contribution in [-0.2, 0) is 9.84 Å². The highest BCUT2D eigenvalue weighted by atomic mass is 32.2. The minimum Gasteiger partial charge on any atom is -0.391 e. The summed E-state index contributed by atoms with van der Waals surface area (Å²) in [5, 5.41) is 12.5. The monoisotopic (exact) mass is 251 g/mol. The summed E-state index contributed by atoms with van der Waals surface area (Å²) in [5.41, 5.74) is 0. The number of hydrogen-bond acceptors (Lipinski definition) is 4. The summed E-state index contributed by atoms with van der Waals surface area (Å²) < 4.78 is 23.1. The Bertz CT molecular complexity index is 252. The van der Waals surface area contributed by atoms with E-state index in [0.717, 1.165) is 25.8 Å². The van der Waals surface area contributed by atoms with Crippen molar-refractivity contribution in [3.05, 3.63) is 0 Å². The number of rotatable bonds is 10. The second-order valence-corrected chi connectivity index (χ2v) is 6.41. The van der Waals surface area contributed by atoms with E-state index < -0.39 is 15.9 Å². The van der Waals surface area contributed by atoms with Gasteiger partial charge in [-0.1, -0.05) is 26.7 Å². The quantitative estimate of drug-likeness (QED) is 0.567. The van der Waals surface area contributed by atoms with Crippen LogP contribution in [0.3, 0.4) is 0 Å². The first kappa shape index (κ1) is 15.9. The molecular weight excluding hydrogens is 226 g/mol. The molecule has 16 heavy (non-hydrogen) atoms. The highest BCUT2D eigenvalue weighted by Gasteiger charge is 2.16. The van der Waals surface area contributed by atoms with Gasteiger partial charge >= 0.3 is 0 Å². The summed E-state index contributed by atoms with van der Waals surface area (Å²) in [6.45, 7) is 5.24. The molecule has 0 radical (unpaired) electrons. The van der Waals surface area contributed by atoms with E-state index in [2.05, 4.69) is 5.32 Å². The Balaban J connectivity index is 3.77. The van der Waals surface area contributed by atoms with Crippen molar-refractivity contribution in [1.29, 1.82) is 0 Å². The Morgan fingerprint density at radius 3 is 2.44 bits per heavy atom. The van der Waals surface area contributed by atoms with Crippen molar-refractivity contribution in [1.82, 2.24) is 5.32 Å². The summed E-state index contributed by atoms with van der Waals surface area (Å²) in [6.07, 6.45) is 2.85. The molecule has 0 aliphatic heterocycles. The van der Waals surface area contributed by atoms with Crippen molar-refractivity contribution in [3.63, 3.8) is 0 Å². The summed E-state index contributed by atoms with van der Waals surface area (Å²) >= 11 is 0. The third kappa shape index (κ3) is 9.12. The van der Waals surface area contributed by atoms with Crippen molar-refractivity contribution >= 4 is 9.84 Å². The molecule has 0 saturated carbocycles. The molecule has 2 N–H and O–H groups in total. The van der Waals surface area contributed by atoms with Gasteiger partial charge in [0.2, 0.25) is 0 Å². The van der Waals surface area contributed by atoms with Crippen molar-refractivity contribution < 1.29 is 13.5 Å². The van der Waals surface area contributed by atoms with Crippen LogP contribution in [0.25, 0.3) is 0 Å². The van der Waals surface area contributed by atoms with Crippen LogP contribution < -0.4 is 5.32 Å². The molecule has 0 aliphatic rings. The molecule has 0 fully saturated rings. The van der Waals surface area contributed by atoms with Gasteiger partial charge in [0.15, 0.2) is 9.84 Å². The lowest BCUT2D eigenvalue weighted by molar-refractivity contribution is 0.194. The minimum atomic E-state index is -3.08. The Morgan fingerprint density at radius 1 is 1.19 bits per heavy atom. The van der Waals surface area contributed by atoms with Gasteiger partial charge in [-0.3, -0.25) is 0 Å². The number of nitrogens with one attached hydrogen (secondary N) is 1. The van der Waals surface area contributed by atoms with Gasteiger partial charge in [0.25, 0.3) is 0 Å². The normalized spacial score (nSPS) is 13.9. The topological polar surface area (TPSA) is 66.4 Å². The lowest BCUT2D eigenvalue weighted by atomic mass is 10.3. The zero-order valence-corrected chi connectivity index (χ0v) is 11.2. The van der Waals surface area contributed by atoms with Gasteiger partial charge in [-0.25, -0.2) is 8.42 Å². The minimum absolute atomic E-state index is 0.118.